The van der Waals surface area contributed by atoms with E-state index in [0.29, 0.717) is 6.92 Å². The monoisotopic (exact) mass is 641 g/mol. The molecule has 0 amide bonds. The van der Waals surface area contributed by atoms with E-state index in [1.807, 2.05) is 0 Å². The Balaban J connectivity index is 6.93. The zero-order valence-corrected chi connectivity index (χ0v) is 20.1. The van der Waals surface area contributed by atoms with Crippen LogP contribution in [0.5, 0.6) is 0 Å². The first kappa shape index (κ1) is 37.2. The van der Waals surface area contributed by atoms with Gasteiger partial charge in [-0.1, -0.05) is 6.92 Å². The molecule has 234 valence electrons. The third-order valence-electron chi connectivity index (χ3n) is 4.44. The fraction of sp³-hybridized carbons (Fsp3) is 0.938. The van der Waals surface area contributed by atoms with Gasteiger partial charge in [0.1, 0.15) is 12.1 Å². The van der Waals surface area contributed by atoms with Gasteiger partial charge in [-0.05, 0) is 20.8 Å². The zero-order chi connectivity index (χ0) is 32.3. The van der Waals surface area contributed by atoms with Gasteiger partial charge < -0.3 is 4.74 Å². The number of sulfonamides is 1. The highest BCUT2D eigenvalue weighted by Crippen LogP contribution is 2.64. The Morgan fingerprint density at radius 1 is 0.615 bits per heavy atom. The van der Waals surface area contributed by atoms with Gasteiger partial charge in [-0.3, -0.25) is 4.79 Å². The lowest BCUT2D eigenvalue weighted by molar-refractivity contribution is -0.458. The van der Waals surface area contributed by atoms with Gasteiger partial charge in [-0.15, -0.1) is 0 Å². The number of likely N-dealkylation sites (N-methyl/N-ethyl adjacent to an activating group) is 1. The number of carbonyl (C=O) groups is 1. The first-order chi connectivity index (χ1) is 16.6. The summed E-state index contributed by atoms with van der Waals surface area (Å²) in [5.74, 6) is -54.0. The van der Waals surface area contributed by atoms with Gasteiger partial charge in [0.15, 0.2) is 0 Å². The van der Waals surface area contributed by atoms with Crippen LogP contribution in [0.1, 0.15) is 27.7 Å². The molecular formula is C16H16F17NO4S. The number of carbonyl (C=O) groups excluding carboxylic acids is 1. The molecule has 0 heterocycles. The summed E-state index contributed by atoms with van der Waals surface area (Å²) in [6, 6.07) is 0. The Bertz CT molecular complexity index is 1010. The molecule has 0 rings (SSSR count). The van der Waals surface area contributed by atoms with Crippen LogP contribution in [0, 0.1) is 0 Å². The highest BCUT2D eigenvalue weighted by molar-refractivity contribution is 7.90. The van der Waals surface area contributed by atoms with E-state index in [9.17, 15) is 87.8 Å². The molecule has 0 aliphatic rings. The molecule has 0 radical (unpaired) electrons. The summed E-state index contributed by atoms with van der Waals surface area (Å²) in [4.78, 5) is 11.6. The summed E-state index contributed by atoms with van der Waals surface area (Å²) in [6.07, 6.45) is -7.91. The molecule has 0 bridgehead atoms. The van der Waals surface area contributed by atoms with E-state index in [1.165, 1.54) is 0 Å². The van der Waals surface area contributed by atoms with Crippen LogP contribution in [0.3, 0.4) is 0 Å². The molecule has 0 N–H and O–H groups in total. The minimum absolute atomic E-state index is 0.455. The Morgan fingerprint density at radius 2 is 0.923 bits per heavy atom. The molecule has 0 spiro atoms. The Kier molecular flexibility index (Phi) is 9.47. The summed E-state index contributed by atoms with van der Waals surface area (Å²) in [5.41, 5.74) is -1.53. The number of hydrogen-bond acceptors (Lipinski definition) is 4. The summed E-state index contributed by atoms with van der Waals surface area (Å²) in [6.45, 7) is 0.131. The molecule has 0 fully saturated rings. The predicted octanol–water partition coefficient (Wildman–Crippen LogP) is 5.95. The van der Waals surface area contributed by atoms with E-state index in [-0.39, 0.29) is 0 Å². The highest BCUT2D eigenvalue weighted by atomic mass is 32.2. The molecule has 0 saturated heterocycles. The maximum atomic E-state index is 14.2. The third kappa shape index (κ3) is 5.56. The van der Waals surface area contributed by atoms with Crippen molar-refractivity contribution in [1.82, 2.24) is 4.31 Å². The van der Waals surface area contributed by atoms with Gasteiger partial charge >= 0.3 is 52.9 Å². The summed E-state index contributed by atoms with van der Waals surface area (Å²) in [7, 11) is -7.56. The number of hydrogen-bond donors (Lipinski definition) is 0. The number of nitrogens with zero attached hydrogens (tertiary/aromatic N) is 1. The van der Waals surface area contributed by atoms with Crippen LogP contribution < -0.4 is 0 Å². The average Bonchev–Trinajstić information content (AvgIpc) is 2.68. The third-order valence-corrected chi connectivity index (χ3v) is 6.41. The van der Waals surface area contributed by atoms with Crippen LogP contribution in [0.4, 0.5) is 74.6 Å². The molecule has 0 saturated carbocycles. The molecular weight excluding hydrogens is 625 g/mol. The van der Waals surface area contributed by atoms with Crippen LogP contribution in [0.2, 0.25) is 0 Å². The Hall–Kier alpha value is -1.81. The van der Waals surface area contributed by atoms with Crippen LogP contribution in [-0.4, -0.2) is 84.3 Å². The Labute approximate surface area is 207 Å². The van der Waals surface area contributed by atoms with Crippen LogP contribution in [0.25, 0.3) is 0 Å². The van der Waals surface area contributed by atoms with Crippen molar-refractivity contribution in [3.63, 3.8) is 0 Å². The normalized spacial score (nSPS) is 16.1. The smallest absolute Gasteiger partial charge is 0.459 e. The molecule has 39 heavy (non-hydrogen) atoms. The van der Waals surface area contributed by atoms with E-state index in [2.05, 4.69) is 4.74 Å². The maximum Gasteiger partial charge on any atom is 0.460 e. The molecule has 0 unspecified atom stereocenters. The fourth-order valence-electron chi connectivity index (χ4n) is 2.36. The van der Waals surface area contributed by atoms with Gasteiger partial charge in [-0.2, -0.15) is 78.9 Å². The molecule has 0 aromatic heterocycles. The van der Waals surface area contributed by atoms with Gasteiger partial charge in [-0.25, -0.2) is 8.42 Å². The van der Waals surface area contributed by atoms with E-state index in [4.69, 9.17) is 0 Å². The predicted molar refractivity (Wildman–Crippen MR) is 92.7 cm³/mol. The van der Waals surface area contributed by atoms with Crippen molar-refractivity contribution < 1.29 is 92.6 Å². The standard InChI is InChI=1S/C16H16F17NO4S/c1-5-34(6-7(35)38-8(2,3)4)39(36,37)16(32,33)14(27,28)12(23,24)10(19,20)9(17,18)11(21,22)13(25,26)15(29,30)31/h5-6H2,1-4H3. The number of esters is 1. The lowest BCUT2D eigenvalue weighted by atomic mass is 9.91. The second kappa shape index (κ2) is 9.93. The quantitative estimate of drug-likeness (QED) is 0.207. The molecule has 0 aliphatic carbocycles. The van der Waals surface area contributed by atoms with Gasteiger partial charge in [0.05, 0.1) is 0 Å². The van der Waals surface area contributed by atoms with E-state index >= 15 is 0 Å². The van der Waals surface area contributed by atoms with Crippen molar-refractivity contribution in [2.24, 2.45) is 0 Å². The fourth-order valence-corrected chi connectivity index (χ4v) is 3.75. The first-order valence-electron chi connectivity index (χ1n) is 9.49. The molecule has 5 nitrogen and oxygen atoms in total. The second-order valence-corrected chi connectivity index (χ2v) is 10.5. The van der Waals surface area contributed by atoms with Crippen molar-refractivity contribution in [1.29, 1.82) is 0 Å². The van der Waals surface area contributed by atoms with Gasteiger partial charge in [0.25, 0.3) is 10.0 Å². The minimum Gasteiger partial charge on any atom is -0.459 e. The van der Waals surface area contributed by atoms with Crippen molar-refractivity contribution in [3.05, 3.63) is 0 Å². The van der Waals surface area contributed by atoms with Crippen molar-refractivity contribution >= 4 is 16.0 Å². The van der Waals surface area contributed by atoms with Crippen LogP contribution >= 0.6 is 0 Å². The first-order valence-corrected chi connectivity index (χ1v) is 10.9. The summed E-state index contributed by atoms with van der Waals surface area (Å²) in [5, 5.41) is -7.73. The van der Waals surface area contributed by atoms with Crippen LogP contribution in [0.15, 0.2) is 0 Å². The molecule has 0 atom stereocenters. The van der Waals surface area contributed by atoms with Gasteiger partial charge in [0.2, 0.25) is 0 Å². The number of halogens is 17. The minimum atomic E-state index is -8.93. The van der Waals surface area contributed by atoms with E-state index < -0.39 is 86.0 Å². The number of alkyl halides is 17. The lowest BCUT2D eigenvalue weighted by Gasteiger charge is -2.42. The highest BCUT2D eigenvalue weighted by Gasteiger charge is 2.96. The SMILES string of the molecule is CCN(CC(=O)OC(C)(C)C)S(=O)(=O)C(F)(F)C(F)(F)C(F)(F)C(F)(F)C(F)(F)C(F)(F)C(F)(F)C(F)(F)F. The van der Waals surface area contributed by atoms with Crippen LogP contribution in [-0.2, 0) is 19.6 Å². The molecule has 0 aliphatic heterocycles. The average molecular weight is 641 g/mol. The topological polar surface area (TPSA) is 63.7 Å². The van der Waals surface area contributed by atoms with E-state index in [0.717, 1.165) is 20.8 Å². The summed E-state index contributed by atoms with van der Waals surface area (Å²) >= 11 is 0. The molecule has 0 aromatic rings. The number of rotatable bonds is 11. The molecule has 23 heteroatoms. The van der Waals surface area contributed by atoms with Crippen molar-refractivity contribution in [3.8, 4) is 0 Å². The number of ether oxygens (including phenoxy) is 1. The zero-order valence-electron chi connectivity index (χ0n) is 19.3. The van der Waals surface area contributed by atoms with Gasteiger partial charge in [0, 0.05) is 6.54 Å². The van der Waals surface area contributed by atoms with Crippen molar-refractivity contribution in [2.75, 3.05) is 13.1 Å². The Morgan fingerprint density at radius 3 is 1.21 bits per heavy atom. The lowest BCUT2D eigenvalue weighted by Crippen LogP contribution is -2.75. The molecule has 0 aromatic carbocycles. The van der Waals surface area contributed by atoms with E-state index in [1.54, 1.807) is 0 Å². The second-order valence-electron chi connectivity index (χ2n) is 8.48. The van der Waals surface area contributed by atoms with Crippen molar-refractivity contribution in [2.45, 2.75) is 80.3 Å². The summed E-state index contributed by atoms with van der Waals surface area (Å²) < 4.78 is 254. The maximum absolute atomic E-state index is 14.2. The largest absolute Gasteiger partial charge is 0.460 e.